The standard InChI is InChI=1S/C10H14N2OS/c1-7(8-2-3-14-6-8)12-10(13)9-4-11-5-9/h2-3,6-7,9,11H,4-5H2,1H3,(H,12,13). The first-order valence-corrected chi connectivity index (χ1v) is 5.75. The largest absolute Gasteiger partial charge is 0.349 e. The molecule has 0 spiro atoms. The Morgan fingerprint density at radius 3 is 3.00 bits per heavy atom. The molecule has 76 valence electrons. The summed E-state index contributed by atoms with van der Waals surface area (Å²) < 4.78 is 0. The van der Waals surface area contributed by atoms with Gasteiger partial charge in [0.25, 0.3) is 0 Å². The third-order valence-corrected chi connectivity index (χ3v) is 3.26. The van der Waals surface area contributed by atoms with E-state index in [-0.39, 0.29) is 17.9 Å². The third-order valence-electron chi connectivity index (χ3n) is 2.55. The fourth-order valence-corrected chi connectivity index (χ4v) is 2.16. The molecule has 1 aromatic heterocycles. The molecule has 2 heterocycles. The third kappa shape index (κ3) is 1.96. The lowest BCUT2D eigenvalue weighted by atomic mass is 10.0. The van der Waals surface area contributed by atoms with Gasteiger partial charge in [0.1, 0.15) is 0 Å². The van der Waals surface area contributed by atoms with E-state index in [1.54, 1.807) is 11.3 Å². The zero-order valence-corrected chi connectivity index (χ0v) is 8.93. The molecule has 0 aliphatic carbocycles. The quantitative estimate of drug-likeness (QED) is 0.785. The summed E-state index contributed by atoms with van der Waals surface area (Å²) in [6.45, 7) is 3.66. The molecule has 0 aromatic carbocycles. The molecule has 1 atom stereocenters. The van der Waals surface area contributed by atoms with Crippen molar-refractivity contribution in [3.05, 3.63) is 22.4 Å². The molecule has 1 amide bonds. The van der Waals surface area contributed by atoms with Crippen LogP contribution in [-0.4, -0.2) is 19.0 Å². The number of amides is 1. The highest BCUT2D eigenvalue weighted by atomic mass is 32.1. The van der Waals surface area contributed by atoms with Gasteiger partial charge in [-0.1, -0.05) is 0 Å². The van der Waals surface area contributed by atoms with E-state index in [9.17, 15) is 4.79 Å². The van der Waals surface area contributed by atoms with Crippen molar-refractivity contribution in [3.8, 4) is 0 Å². The SMILES string of the molecule is CC(NC(=O)C1CNC1)c1ccsc1. The van der Waals surface area contributed by atoms with Crippen molar-refractivity contribution in [2.24, 2.45) is 5.92 Å². The molecule has 0 radical (unpaired) electrons. The van der Waals surface area contributed by atoms with Crippen LogP contribution < -0.4 is 10.6 Å². The van der Waals surface area contributed by atoms with E-state index in [0.717, 1.165) is 13.1 Å². The molecule has 1 aromatic rings. The Balaban J connectivity index is 1.87. The van der Waals surface area contributed by atoms with E-state index in [0.29, 0.717) is 0 Å². The van der Waals surface area contributed by atoms with Crippen molar-refractivity contribution >= 4 is 17.2 Å². The van der Waals surface area contributed by atoms with Crippen LogP contribution in [0.15, 0.2) is 16.8 Å². The minimum atomic E-state index is 0.134. The summed E-state index contributed by atoms with van der Waals surface area (Å²) in [5.41, 5.74) is 1.19. The van der Waals surface area contributed by atoms with Crippen LogP contribution in [0.5, 0.6) is 0 Å². The Kier molecular flexibility index (Phi) is 2.84. The first kappa shape index (κ1) is 9.68. The summed E-state index contributed by atoms with van der Waals surface area (Å²) in [4.78, 5) is 11.6. The Hall–Kier alpha value is -0.870. The van der Waals surface area contributed by atoms with Gasteiger partial charge in [0.2, 0.25) is 5.91 Å². The Labute approximate surface area is 87.5 Å². The molecular formula is C10H14N2OS. The van der Waals surface area contributed by atoms with E-state index >= 15 is 0 Å². The van der Waals surface area contributed by atoms with Crippen LogP contribution in [0, 0.1) is 5.92 Å². The van der Waals surface area contributed by atoms with Crippen molar-refractivity contribution in [3.63, 3.8) is 0 Å². The summed E-state index contributed by atoms with van der Waals surface area (Å²) in [6.07, 6.45) is 0. The van der Waals surface area contributed by atoms with Crippen LogP contribution in [0.25, 0.3) is 0 Å². The first-order chi connectivity index (χ1) is 6.77. The van der Waals surface area contributed by atoms with Gasteiger partial charge >= 0.3 is 0 Å². The summed E-state index contributed by atoms with van der Waals surface area (Å²) in [5.74, 6) is 0.346. The number of hydrogen-bond acceptors (Lipinski definition) is 3. The maximum Gasteiger partial charge on any atom is 0.226 e. The molecule has 1 aliphatic heterocycles. The van der Waals surface area contributed by atoms with Gasteiger partial charge in [0, 0.05) is 13.1 Å². The normalized spacial score (nSPS) is 18.6. The zero-order valence-electron chi connectivity index (χ0n) is 8.12. The fourth-order valence-electron chi connectivity index (χ4n) is 1.41. The Morgan fingerprint density at radius 1 is 1.71 bits per heavy atom. The second-order valence-corrected chi connectivity index (χ2v) is 4.42. The molecule has 1 aliphatic rings. The van der Waals surface area contributed by atoms with E-state index in [1.165, 1.54) is 5.56 Å². The highest BCUT2D eigenvalue weighted by Gasteiger charge is 2.25. The number of rotatable bonds is 3. The van der Waals surface area contributed by atoms with Gasteiger partial charge < -0.3 is 10.6 Å². The second-order valence-electron chi connectivity index (χ2n) is 3.64. The monoisotopic (exact) mass is 210 g/mol. The Morgan fingerprint density at radius 2 is 2.50 bits per heavy atom. The molecule has 1 fully saturated rings. The van der Waals surface area contributed by atoms with Gasteiger partial charge in [0.15, 0.2) is 0 Å². The van der Waals surface area contributed by atoms with Gasteiger partial charge in [-0.05, 0) is 29.3 Å². The van der Waals surface area contributed by atoms with Gasteiger partial charge in [-0.2, -0.15) is 11.3 Å². The van der Waals surface area contributed by atoms with E-state index in [2.05, 4.69) is 22.1 Å². The molecule has 0 bridgehead atoms. The van der Waals surface area contributed by atoms with Crippen molar-refractivity contribution in [1.29, 1.82) is 0 Å². The van der Waals surface area contributed by atoms with E-state index in [1.807, 2.05) is 12.3 Å². The smallest absolute Gasteiger partial charge is 0.226 e. The van der Waals surface area contributed by atoms with Gasteiger partial charge in [-0.15, -0.1) is 0 Å². The maximum atomic E-state index is 11.6. The van der Waals surface area contributed by atoms with Crippen LogP contribution >= 0.6 is 11.3 Å². The van der Waals surface area contributed by atoms with Crippen LogP contribution in [0.1, 0.15) is 18.5 Å². The van der Waals surface area contributed by atoms with Crippen molar-refractivity contribution in [2.75, 3.05) is 13.1 Å². The van der Waals surface area contributed by atoms with Crippen molar-refractivity contribution < 1.29 is 4.79 Å². The minimum absolute atomic E-state index is 0.134. The predicted octanol–water partition coefficient (Wildman–Crippen LogP) is 1.14. The predicted molar refractivity (Wildman–Crippen MR) is 57.2 cm³/mol. The topological polar surface area (TPSA) is 41.1 Å². The highest BCUT2D eigenvalue weighted by molar-refractivity contribution is 7.07. The number of carbonyl (C=O) groups is 1. The molecule has 1 saturated heterocycles. The second kappa shape index (κ2) is 4.11. The van der Waals surface area contributed by atoms with Crippen LogP contribution in [0.3, 0.4) is 0 Å². The van der Waals surface area contributed by atoms with Gasteiger partial charge in [-0.25, -0.2) is 0 Å². The molecule has 4 heteroatoms. The lowest BCUT2D eigenvalue weighted by Gasteiger charge is -2.27. The molecule has 1 unspecified atom stereocenters. The summed E-state index contributed by atoms with van der Waals surface area (Å²) in [6, 6.07) is 2.18. The molecule has 0 saturated carbocycles. The maximum absolute atomic E-state index is 11.6. The Bertz CT molecular complexity index is 306. The lowest BCUT2D eigenvalue weighted by Crippen LogP contribution is -2.51. The van der Waals surface area contributed by atoms with Crippen molar-refractivity contribution in [1.82, 2.24) is 10.6 Å². The summed E-state index contributed by atoms with van der Waals surface area (Å²) >= 11 is 1.66. The number of thiophene rings is 1. The lowest BCUT2D eigenvalue weighted by molar-refractivity contribution is -0.127. The summed E-state index contributed by atoms with van der Waals surface area (Å²) in [5, 5.41) is 10.2. The highest BCUT2D eigenvalue weighted by Crippen LogP contribution is 2.16. The zero-order chi connectivity index (χ0) is 9.97. The summed E-state index contributed by atoms with van der Waals surface area (Å²) in [7, 11) is 0. The van der Waals surface area contributed by atoms with Crippen LogP contribution in [-0.2, 0) is 4.79 Å². The van der Waals surface area contributed by atoms with Crippen molar-refractivity contribution in [2.45, 2.75) is 13.0 Å². The van der Waals surface area contributed by atoms with Gasteiger partial charge in [0.05, 0.1) is 12.0 Å². The number of hydrogen-bond donors (Lipinski definition) is 2. The average Bonchev–Trinajstić information content (AvgIpc) is 2.51. The fraction of sp³-hybridized carbons (Fsp3) is 0.500. The molecule has 2 rings (SSSR count). The average molecular weight is 210 g/mol. The van der Waals surface area contributed by atoms with Crippen LogP contribution in [0.2, 0.25) is 0 Å². The molecule has 2 N–H and O–H groups in total. The minimum Gasteiger partial charge on any atom is -0.349 e. The number of carbonyl (C=O) groups excluding carboxylic acids is 1. The van der Waals surface area contributed by atoms with E-state index < -0.39 is 0 Å². The molecule has 3 nitrogen and oxygen atoms in total. The molecular weight excluding hydrogens is 196 g/mol. The van der Waals surface area contributed by atoms with E-state index in [4.69, 9.17) is 0 Å². The first-order valence-electron chi connectivity index (χ1n) is 4.80. The number of nitrogens with one attached hydrogen (secondary N) is 2. The van der Waals surface area contributed by atoms with Crippen LogP contribution in [0.4, 0.5) is 0 Å². The van der Waals surface area contributed by atoms with Gasteiger partial charge in [-0.3, -0.25) is 4.79 Å². The molecule has 14 heavy (non-hydrogen) atoms.